The van der Waals surface area contributed by atoms with Crippen LogP contribution < -0.4 is 0 Å². The summed E-state index contributed by atoms with van der Waals surface area (Å²) in [6.45, 7) is 0. The Morgan fingerprint density at radius 2 is 1.83 bits per heavy atom. The normalized spacial score (nSPS) is 10.1. The first-order valence-corrected chi connectivity index (χ1v) is 5.55. The van der Waals surface area contributed by atoms with Gasteiger partial charge in [0.15, 0.2) is 12.1 Å². The Hall–Kier alpha value is -2.00. The SMILES string of the molecule is O=Cc1ccc(Cl)cc1C(=O)c1ccccc1F. The fourth-order valence-electron chi connectivity index (χ4n) is 1.62. The van der Waals surface area contributed by atoms with Gasteiger partial charge in [-0.3, -0.25) is 9.59 Å². The first kappa shape index (κ1) is 12.5. The molecule has 0 unspecified atom stereocenters. The minimum atomic E-state index is -0.626. The van der Waals surface area contributed by atoms with E-state index in [9.17, 15) is 14.0 Å². The van der Waals surface area contributed by atoms with Crippen molar-refractivity contribution in [3.63, 3.8) is 0 Å². The molecule has 0 N–H and O–H groups in total. The van der Waals surface area contributed by atoms with E-state index in [0.29, 0.717) is 11.3 Å². The molecule has 0 bridgehead atoms. The van der Waals surface area contributed by atoms with Crippen LogP contribution in [0.5, 0.6) is 0 Å². The number of hydrogen-bond donors (Lipinski definition) is 0. The largest absolute Gasteiger partial charge is 0.298 e. The van der Waals surface area contributed by atoms with Gasteiger partial charge in [-0.15, -0.1) is 0 Å². The molecule has 90 valence electrons. The highest BCUT2D eigenvalue weighted by Gasteiger charge is 2.17. The number of benzene rings is 2. The van der Waals surface area contributed by atoms with E-state index in [4.69, 9.17) is 11.6 Å². The fourth-order valence-corrected chi connectivity index (χ4v) is 1.79. The zero-order chi connectivity index (χ0) is 13.1. The Morgan fingerprint density at radius 3 is 2.50 bits per heavy atom. The van der Waals surface area contributed by atoms with Crippen LogP contribution >= 0.6 is 11.6 Å². The smallest absolute Gasteiger partial charge is 0.196 e. The summed E-state index contributed by atoms with van der Waals surface area (Å²) in [7, 11) is 0. The highest BCUT2D eigenvalue weighted by molar-refractivity contribution is 6.31. The van der Waals surface area contributed by atoms with E-state index in [1.165, 1.54) is 36.4 Å². The number of carbonyl (C=O) groups is 2. The van der Waals surface area contributed by atoms with Crippen molar-refractivity contribution in [2.24, 2.45) is 0 Å². The van der Waals surface area contributed by atoms with Crippen LogP contribution in [-0.2, 0) is 0 Å². The first-order valence-electron chi connectivity index (χ1n) is 5.17. The molecule has 0 fully saturated rings. The van der Waals surface area contributed by atoms with Crippen LogP contribution in [0.1, 0.15) is 26.3 Å². The molecule has 0 aromatic heterocycles. The summed E-state index contributed by atoms with van der Waals surface area (Å²) in [6, 6.07) is 9.91. The van der Waals surface area contributed by atoms with Crippen LogP contribution in [0, 0.1) is 5.82 Å². The van der Waals surface area contributed by atoms with E-state index < -0.39 is 11.6 Å². The van der Waals surface area contributed by atoms with Gasteiger partial charge in [-0.1, -0.05) is 23.7 Å². The van der Waals surface area contributed by atoms with Crippen LogP contribution in [0.15, 0.2) is 42.5 Å². The van der Waals surface area contributed by atoms with Crippen molar-refractivity contribution < 1.29 is 14.0 Å². The third kappa shape index (κ3) is 2.31. The number of rotatable bonds is 3. The molecule has 0 radical (unpaired) electrons. The molecule has 2 nitrogen and oxygen atoms in total. The van der Waals surface area contributed by atoms with Crippen molar-refractivity contribution in [1.29, 1.82) is 0 Å². The zero-order valence-electron chi connectivity index (χ0n) is 9.19. The second-order valence-corrected chi connectivity index (χ2v) is 4.09. The summed E-state index contributed by atoms with van der Waals surface area (Å²) in [5.74, 6) is -1.18. The third-order valence-electron chi connectivity index (χ3n) is 2.51. The van der Waals surface area contributed by atoms with Crippen molar-refractivity contribution in [3.05, 3.63) is 70.0 Å². The van der Waals surface area contributed by atoms with Gasteiger partial charge in [0.1, 0.15) is 5.82 Å². The standard InChI is InChI=1S/C14H8ClFO2/c15-10-6-5-9(8-17)12(7-10)14(18)11-3-1-2-4-13(11)16/h1-8H. The van der Waals surface area contributed by atoms with Gasteiger partial charge in [0, 0.05) is 16.1 Å². The molecule has 2 rings (SSSR count). The summed E-state index contributed by atoms with van der Waals surface area (Å²) < 4.78 is 13.5. The number of ketones is 1. The van der Waals surface area contributed by atoms with E-state index in [1.807, 2.05) is 0 Å². The maximum absolute atomic E-state index is 13.5. The number of hydrogen-bond acceptors (Lipinski definition) is 2. The summed E-state index contributed by atoms with van der Waals surface area (Å²) in [4.78, 5) is 23.0. The van der Waals surface area contributed by atoms with Crippen LogP contribution in [0.3, 0.4) is 0 Å². The van der Waals surface area contributed by atoms with Gasteiger partial charge < -0.3 is 0 Å². The van der Waals surface area contributed by atoms with E-state index >= 15 is 0 Å². The Labute approximate surface area is 108 Å². The van der Waals surface area contributed by atoms with Crippen molar-refractivity contribution in [1.82, 2.24) is 0 Å². The highest BCUT2D eigenvalue weighted by atomic mass is 35.5. The Morgan fingerprint density at radius 1 is 1.11 bits per heavy atom. The number of carbonyl (C=O) groups excluding carboxylic acids is 2. The van der Waals surface area contributed by atoms with Gasteiger partial charge >= 0.3 is 0 Å². The van der Waals surface area contributed by atoms with Crippen LogP contribution in [0.25, 0.3) is 0 Å². The monoisotopic (exact) mass is 262 g/mol. The zero-order valence-corrected chi connectivity index (χ0v) is 9.95. The van der Waals surface area contributed by atoms with E-state index in [2.05, 4.69) is 0 Å². The molecule has 2 aromatic rings. The molecule has 2 aromatic carbocycles. The maximum atomic E-state index is 13.5. The molecule has 0 saturated carbocycles. The molecule has 0 aliphatic carbocycles. The first-order chi connectivity index (χ1) is 8.63. The van der Waals surface area contributed by atoms with Gasteiger partial charge in [-0.2, -0.15) is 0 Å². The molecule has 18 heavy (non-hydrogen) atoms. The number of aldehydes is 1. The van der Waals surface area contributed by atoms with Crippen LogP contribution in [0.4, 0.5) is 4.39 Å². The molecular weight excluding hydrogens is 255 g/mol. The van der Waals surface area contributed by atoms with E-state index in [-0.39, 0.29) is 16.7 Å². The lowest BCUT2D eigenvalue weighted by molar-refractivity contribution is 0.102. The van der Waals surface area contributed by atoms with Gasteiger partial charge in [0.05, 0.1) is 5.56 Å². The lowest BCUT2D eigenvalue weighted by Crippen LogP contribution is -2.07. The molecule has 0 spiro atoms. The van der Waals surface area contributed by atoms with Gasteiger partial charge in [0.2, 0.25) is 0 Å². The van der Waals surface area contributed by atoms with Crippen LogP contribution in [0.2, 0.25) is 5.02 Å². The second-order valence-electron chi connectivity index (χ2n) is 3.66. The molecule has 0 aliphatic heterocycles. The molecule has 0 atom stereocenters. The maximum Gasteiger partial charge on any atom is 0.196 e. The van der Waals surface area contributed by atoms with Crippen molar-refractivity contribution in [2.45, 2.75) is 0 Å². The van der Waals surface area contributed by atoms with E-state index in [1.54, 1.807) is 6.07 Å². The number of halogens is 2. The van der Waals surface area contributed by atoms with Crippen molar-refractivity contribution in [3.8, 4) is 0 Å². The molecule has 4 heteroatoms. The average molecular weight is 263 g/mol. The summed E-state index contributed by atoms with van der Waals surface area (Å²) >= 11 is 5.78. The minimum Gasteiger partial charge on any atom is -0.298 e. The summed E-state index contributed by atoms with van der Waals surface area (Å²) in [5.41, 5.74) is 0.207. The lowest BCUT2D eigenvalue weighted by Gasteiger charge is -2.05. The third-order valence-corrected chi connectivity index (χ3v) is 2.74. The lowest BCUT2D eigenvalue weighted by atomic mass is 9.98. The van der Waals surface area contributed by atoms with Crippen LogP contribution in [-0.4, -0.2) is 12.1 Å². The molecule has 0 saturated heterocycles. The predicted octanol–water partition coefficient (Wildman–Crippen LogP) is 3.52. The Bertz CT molecular complexity index is 623. The Kier molecular flexibility index (Phi) is 3.53. The van der Waals surface area contributed by atoms with E-state index in [0.717, 1.165) is 0 Å². The minimum absolute atomic E-state index is 0.0807. The topological polar surface area (TPSA) is 34.1 Å². The summed E-state index contributed by atoms with van der Waals surface area (Å²) in [6.07, 6.45) is 0.546. The molecule has 0 amide bonds. The molecule has 0 heterocycles. The predicted molar refractivity (Wildman–Crippen MR) is 66.7 cm³/mol. The van der Waals surface area contributed by atoms with Gasteiger partial charge in [-0.05, 0) is 30.3 Å². The van der Waals surface area contributed by atoms with Crippen molar-refractivity contribution in [2.75, 3.05) is 0 Å². The van der Waals surface area contributed by atoms with Gasteiger partial charge in [-0.25, -0.2) is 4.39 Å². The van der Waals surface area contributed by atoms with Gasteiger partial charge in [0.25, 0.3) is 0 Å². The fraction of sp³-hybridized carbons (Fsp3) is 0. The highest BCUT2D eigenvalue weighted by Crippen LogP contribution is 2.20. The average Bonchev–Trinajstić information content (AvgIpc) is 2.38. The van der Waals surface area contributed by atoms with Crippen molar-refractivity contribution >= 4 is 23.7 Å². The second kappa shape index (κ2) is 5.10. The molecule has 0 aliphatic rings. The molecular formula is C14H8ClFO2. The summed E-state index contributed by atoms with van der Waals surface area (Å²) in [5, 5.41) is 0.320. The Balaban J connectivity index is 2.56. The quantitative estimate of drug-likeness (QED) is 0.626.